The molecule has 5 saturated carbocycles. The van der Waals surface area contributed by atoms with Crippen molar-refractivity contribution in [2.75, 3.05) is 6.61 Å². The van der Waals surface area contributed by atoms with Crippen molar-refractivity contribution >= 4 is 18.5 Å². The Morgan fingerprint density at radius 2 is 1.71 bits per heavy atom. The van der Waals surface area contributed by atoms with E-state index in [1.54, 1.807) is 13.8 Å². The molecule has 0 radical (unpaired) electrons. The molecule has 0 aromatic heterocycles. The van der Waals surface area contributed by atoms with Crippen LogP contribution in [0.4, 0.5) is 0 Å². The molecule has 9 nitrogen and oxygen atoms in total. The van der Waals surface area contributed by atoms with Gasteiger partial charge in [-0.1, -0.05) is 34.6 Å². The Hall–Kier alpha value is -1.39. The van der Waals surface area contributed by atoms with E-state index in [0.29, 0.717) is 30.8 Å². The van der Waals surface area contributed by atoms with Crippen molar-refractivity contribution < 1.29 is 43.5 Å². The molecular formula is C36H56O9. The van der Waals surface area contributed by atoms with Crippen LogP contribution >= 0.6 is 0 Å². The minimum atomic E-state index is -1.28. The number of fused-ring (bicyclic) bond motifs is 4. The first kappa shape index (κ1) is 33.5. The third-order valence-electron chi connectivity index (χ3n) is 14.8. The zero-order chi connectivity index (χ0) is 33.0. The average Bonchev–Trinajstić information content (AvgIpc) is 3.59. The van der Waals surface area contributed by atoms with E-state index < -0.39 is 36.2 Å². The van der Waals surface area contributed by atoms with E-state index in [-0.39, 0.29) is 57.7 Å². The number of aliphatic hydroxyl groups excluding tert-OH is 1. The SMILES string of the molecule is CC(=O)O[C@@H]([C@H]1C[C@@H](C)[C@H]2[C@H](O1)[C@H](O)[C@@]1(C)[C@@H]3CC[C@H]4C(C)(C)[C@@H](OC(C=O)OCC=O)CC[C@@]45C[C@@]35CC[C@]21C)C(C)(C)O. The van der Waals surface area contributed by atoms with Gasteiger partial charge in [-0.25, -0.2) is 0 Å². The van der Waals surface area contributed by atoms with Crippen molar-refractivity contribution in [3.63, 3.8) is 0 Å². The quantitative estimate of drug-likeness (QED) is 0.212. The van der Waals surface area contributed by atoms with Crippen LogP contribution in [0.1, 0.15) is 107 Å². The number of aldehydes is 2. The van der Waals surface area contributed by atoms with Gasteiger partial charge in [0, 0.05) is 12.3 Å². The van der Waals surface area contributed by atoms with Crippen molar-refractivity contribution in [3.05, 3.63) is 0 Å². The first-order valence-corrected chi connectivity index (χ1v) is 17.3. The number of esters is 1. The summed E-state index contributed by atoms with van der Waals surface area (Å²) in [5, 5.41) is 23.4. The van der Waals surface area contributed by atoms with E-state index in [1.807, 2.05) is 0 Å². The van der Waals surface area contributed by atoms with Gasteiger partial charge in [0.05, 0.1) is 30.0 Å². The fourth-order valence-corrected chi connectivity index (χ4v) is 13.0. The highest BCUT2D eigenvalue weighted by Gasteiger charge is 2.84. The van der Waals surface area contributed by atoms with E-state index in [1.165, 1.54) is 13.3 Å². The lowest BCUT2D eigenvalue weighted by atomic mass is 9.41. The topological polar surface area (TPSA) is 129 Å². The summed E-state index contributed by atoms with van der Waals surface area (Å²) in [6, 6.07) is 0. The maximum atomic E-state index is 12.5. The Balaban J connectivity index is 1.27. The molecule has 254 valence electrons. The highest BCUT2D eigenvalue weighted by molar-refractivity contribution is 5.66. The summed E-state index contributed by atoms with van der Waals surface area (Å²) in [4.78, 5) is 34.6. The number of hydrogen-bond donors (Lipinski definition) is 2. The van der Waals surface area contributed by atoms with Crippen molar-refractivity contribution in [3.8, 4) is 0 Å². The number of rotatable bonds is 9. The van der Waals surface area contributed by atoms with Crippen molar-refractivity contribution in [1.82, 2.24) is 0 Å². The Morgan fingerprint density at radius 3 is 2.33 bits per heavy atom. The van der Waals surface area contributed by atoms with Gasteiger partial charge in [0.2, 0.25) is 6.29 Å². The predicted molar refractivity (Wildman–Crippen MR) is 165 cm³/mol. The van der Waals surface area contributed by atoms with Crippen LogP contribution in [0, 0.1) is 50.7 Å². The summed E-state index contributed by atoms with van der Waals surface area (Å²) in [5.41, 5.74) is -1.55. The summed E-state index contributed by atoms with van der Waals surface area (Å²) >= 11 is 0. The maximum Gasteiger partial charge on any atom is 0.303 e. The van der Waals surface area contributed by atoms with E-state index in [4.69, 9.17) is 18.9 Å². The molecule has 5 aliphatic carbocycles. The number of carbonyl (C=O) groups is 3. The zero-order valence-electron chi connectivity index (χ0n) is 28.5. The van der Waals surface area contributed by atoms with Crippen LogP contribution < -0.4 is 0 Å². The van der Waals surface area contributed by atoms with E-state index in [2.05, 4.69) is 34.6 Å². The lowest BCUT2D eigenvalue weighted by Gasteiger charge is -2.63. The molecule has 0 aromatic carbocycles. The predicted octanol–water partition coefficient (Wildman–Crippen LogP) is 4.63. The third kappa shape index (κ3) is 4.53. The fraction of sp³-hybridized carbons (Fsp3) is 0.917. The molecule has 6 fully saturated rings. The smallest absolute Gasteiger partial charge is 0.303 e. The molecular weight excluding hydrogens is 576 g/mol. The largest absolute Gasteiger partial charge is 0.457 e. The Bertz CT molecular complexity index is 1200. The minimum Gasteiger partial charge on any atom is -0.457 e. The van der Waals surface area contributed by atoms with Crippen LogP contribution in [0.3, 0.4) is 0 Å². The van der Waals surface area contributed by atoms with Gasteiger partial charge in [0.15, 0.2) is 12.4 Å². The van der Waals surface area contributed by atoms with Crippen LogP contribution in [0.5, 0.6) is 0 Å². The monoisotopic (exact) mass is 632 g/mol. The number of aliphatic hydroxyl groups is 2. The van der Waals surface area contributed by atoms with Crippen LogP contribution in [-0.2, 0) is 33.3 Å². The van der Waals surface area contributed by atoms with Crippen LogP contribution in [0.15, 0.2) is 0 Å². The lowest BCUT2D eigenvalue weighted by Crippen LogP contribution is -2.60. The van der Waals surface area contributed by atoms with Gasteiger partial charge in [0.1, 0.15) is 12.9 Å². The molecule has 1 heterocycles. The molecule has 0 bridgehead atoms. The van der Waals surface area contributed by atoms with Gasteiger partial charge in [-0.3, -0.25) is 9.59 Å². The van der Waals surface area contributed by atoms with Gasteiger partial charge >= 0.3 is 5.97 Å². The van der Waals surface area contributed by atoms with Gasteiger partial charge in [-0.05, 0) is 111 Å². The molecule has 6 aliphatic rings. The van der Waals surface area contributed by atoms with E-state index >= 15 is 0 Å². The molecule has 9 heteroatoms. The van der Waals surface area contributed by atoms with E-state index in [0.717, 1.165) is 38.5 Å². The molecule has 0 aromatic rings. The summed E-state index contributed by atoms with van der Waals surface area (Å²) in [6.45, 7) is 16.1. The Morgan fingerprint density at radius 1 is 1.04 bits per heavy atom. The van der Waals surface area contributed by atoms with Gasteiger partial charge in [0.25, 0.3) is 0 Å². The van der Waals surface area contributed by atoms with Crippen molar-refractivity contribution in [2.24, 2.45) is 50.7 Å². The molecule has 1 unspecified atom stereocenters. The average molecular weight is 633 g/mol. The number of ether oxygens (including phenoxy) is 4. The summed E-state index contributed by atoms with van der Waals surface area (Å²) in [5.74, 6) is 0.748. The van der Waals surface area contributed by atoms with E-state index in [9.17, 15) is 24.6 Å². The fourth-order valence-electron chi connectivity index (χ4n) is 13.0. The van der Waals surface area contributed by atoms with Crippen LogP contribution in [-0.4, -0.2) is 77.8 Å². The molecule has 2 N–H and O–H groups in total. The maximum absolute atomic E-state index is 12.5. The molecule has 0 amide bonds. The second kappa shape index (κ2) is 10.8. The molecule has 6 rings (SSSR count). The second-order valence-electron chi connectivity index (χ2n) is 17.4. The molecule has 45 heavy (non-hydrogen) atoms. The van der Waals surface area contributed by atoms with Gasteiger partial charge in [-0.15, -0.1) is 0 Å². The minimum absolute atomic E-state index is 0.109. The van der Waals surface area contributed by atoms with Gasteiger partial charge < -0.3 is 34.0 Å². The first-order valence-electron chi connectivity index (χ1n) is 17.3. The Labute approximate surface area is 268 Å². The third-order valence-corrected chi connectivity index (χ3v) is 14.8. The zero-order valence-corrected chi connectivity index (χ0v) is 28.5. The summed E-state index contributed by atoms with van der Waals surface area (Å²) in [6.07, 6.45) is 5.71. The van der Waals surface area contributed by atoms with Crippen LogP contribution in [0.2, 0.25) is 0 Å². The molecule has 14 atom stereocenters. The second-order valence-corrected chi connectivity index (χ2v) is 17.4. The standard InChI is InChI=1S/C36H56O9/c1-20-17-22(30(32(5,6)41)43-21(2)39)44-28-27(20)33(7)13-14-36-19-35(36)12-11-25(45-26(18-38)42-16-15-37)31(3,4)23(35)9-10-24(36)34(33,8)29(28)40/h15,18,20,22-30,40-41H,9-14,16-17,19H2,1-8H3/t20-,22-,23+,24+,25+,26?,27+,28+,29+,30+,33-,34-,35-,36+/m1/s1. The number of carbonyl (C=O) groups excluding carboxylic acids is 3. The Kier molecular flexibility index (Phi) is 8.05. The summed E-state index contributed by atoms with van der Waals surface area (Å²) < 4.78 is 24.0. The molecule has 1 saturated heterocycles. The van der Waals surface area contributed by atoms with Crippen molar-refractivity contribution in [1.29, 1.82) is 0 Å². The number of hydrogen-bond acceptors (Lipinski definition) is 9. The lowest BCUT2D eigenvalue weighted by molar-refractivity contribution is -0.224. The van der Waals surface area contributed by atoms with Crippen molar-refractivity contribution in [2.45, 2.75) is 149 Å². The first-order chi connectivity index (χ1) is 20.9. The highest BCUT2D eigenvalue weighted by Crippen LogP contribution is 2.89. The normalized spacial score (nSPS) is 49.2. The van der Waals surface area contributed by atoms with Crippen LogP contribution in [0.25, 0.3) is 0 Å². The summed E-state index contributed by atoms with van der Waals surface area (Å²) in [7, 11) is 0. The molecule has 1 aliphatic heterocycles. The highest BCUT2D eigenvalue weighted by atomic mass is 16.7. The molecule has 2 spiro atoms. The van der Waals surface area contributed by atoms with Gasteiger partial charge in [-0.2, -0.15) is 0 Å².